The first-order valence-electron chi connectivity index (χ1n) is 6.18. The van der Waals surface area contributed by atoms with Gasteiger partial charge >= 0.3 is 0 Å². The van der Waals surface area contributed by atoms with Crippen molar-refractivity contribution in [2.75, 3.05) is 0 Å². The van der Waals surface area contributed by atoms with E-state index < -0.39 is 8.07 Å². The highest BCUT2D eigenvalue weighted by Gasteiger charge is 2.09. The predicted molar refractivity (Wildman–Crippen MR) is 80.8 cm³/mol. The summed E-state index contributed by atoms with van der Waals surface area (Å²) in [5.74, 6) is 0.100. The lowest BCUT2D eigenvalue weighted by Crippen LogP contribution is -2.16. The molecule has 0 fully saturated rings. The summed E-state index contributed by atoms with van der Waals surface area (Å²) in [7, 11) is -1.31. The number of hydrogen-bond donors (Lipinski definition) is 0. The second-order valence-electron chi connectivity index (χ2n) is 5.63. The van der Waals surface area contributed by atoms with E-state index >= 15 is 0 Å². The van der Waals surface area contributed by atoms with Crippen LogP contribution in [0.15, 0.2) is 54.2 Å². The van der Waals surface area contributed by atoms with E-state index in [9.17, 15) is 4.79 Å². The Bertz CT molecular complexity index is 606. The topological polar surface area (TPSA) is 17.1 Å². The van der Waals surface area contributed by atoms with Gasteiger partial charge in [0.1, 0.15) is 0 Å². The van der Waals surface area contributed by atoms with E-state index in [1.807, 2.05) is 36.4 Å². The van der Waals surface area contributed by atoms with Gasteiger partial charge < -0.3 is 0 Å². The molecule has 0 atom stereocenters. The van der Waals surface area contributed by atoms with Crippen LogP contribution in [0.1, 0.15) is 10.4 Å². The van der Waals surface area contributed by atoms with Gasteiger partial charge in [-0.05, 0) is 22.9 Å². The molecule has 0 aliphatic rings. The van der Waals surface area contributed by atoms with Crippen molar-refractivity contribution in [3.8, 4) is 0 Å². The van der Waals surface area contributed by atoms with Gasteiger partial charge in [-0.25, -0.2) is 0 Å². The Kier molecular flexibility index (Phi) is 3.48. The van der Waals surface area contributed by atoms with Crippen LogP contribution in [0, 0.1) is 0 Å². The van der Waals surface area contributed by atoms with E-state index in [-0.39, 0.29) is 5.78 Å². The van der Waals surface area contributed by atoms with E-state index in [0.29, 0.717) is 0 Å². The fraction of sp³-hybridized carbons (Fsp3) is 0.188. The molecular weight excluding hydrogens is 236 g/mol. The maximum absolute atomic E-state index is 12.1. The summed E-state index contributed by atoms with van der Waals surface area (Å²) < 4.78 is 0. The third kappa shape index (κ3) is 3.17. The molecule has 0 amide bonds. The molecule has 2 aromatic rings. The molecule has 0 bridgehead atoms. The largest absolute Gasteiger partial charge is 0.289 e. The minimum atomic E-state index is -1.31. The molecule has 1 nitrogen and oxygen atoms in total. The van der Waals surface area contributed by atoms with Gasteiger partial charge in [0.2, 0.25) is 0 Å². The number of carbonyl (C=O) groups is 1. The molecule has 0 aliphatic heterocycles. The lowest BCUT2D eigenvalue weighted by atomic mass is 10.0. The summed E-state index contributed by atoms with van der Waals surface area (Å²) in [6.45, 7) is 6.66. The van der Waals surface area contributed by atoms with Crippen LogP contribution in [0.4, 0.5) is 0 Å². The summed E-state index contributed by atoms with van der Waals surface area (Å²) in [5, 5.41) is 2.29. The van der Waals surface area contributed by atoms with Crippen molar-refractivity contribution in [1.82, 2.24) is 0 Å². The van der Waals surface area contributed by atoms with Crippen molar-refractivity contribution in [1.29, 1.82) is 0 Å². The van der Waals surface area contributed by atoms with E-state index in [2.05, 4.69) is 31.4 Å². The third-order valence-corrected chi connectivity index (χ3v) is 3.94. The Morgan fingerprint density at radius 3 is 2.33 bits per heavy atom. The fourth-order valence-electron chi connectivity index (χ4n) is 1.76. The molecule has 0 unspecified atom stereocenters. The number of benzene rings is 2. The highest BCUT2D eigenvalue weighted by atomic mass is 28.3. The first-order chi connectivity index (χ1) is 8.46. The number of hydrogen-bond acceptors (Lipinski definition) is 1. The normalized spacial score (nSPS) is 12.2. The van der Waals surface area contributed by atoms with Gasteiger partial charge in [-0.3, -0.25) is 4.79 Å². The van der Waals surface area contributed by atoms with Crippen LogP contribution in [0.5, 0.6) is 0 Å². The number of fused-ring (bicyclic) bond motifs is 1. The maximum atomic E-state index is 12.1. The minimum absolute atomic E-state index is 0.100. The summed E-state index contributed by atoms with van der Waals surface area (Å²) in [4.78, 5) is 12.1. The van der Waals surface area contributed by atoms with Crippen LogP contribution >= 0.6 is 0 Å². The van der Waals surface area contributed by atoms with Crippen molar-refractivity contribution in [2.45, 2.75) is 19.6 Å². The minimum Gasteiger partial charge on any atom is -0.289 e. The van der Waals surface area contributed by atoms with E-state index in [4.69, 9.17) is 0 Å². The van der Waals surface area contributed by atoms with Gasteiger partial charge in [0.25, 0.3) is 0 Å². The highest BCUT2D eigenvalue weighted by molar-refractivity contribution is 6.81. The molecule has 92 valence electrons. The van der Waals surface area contributed by atoms with Crippen LogP contribution < -0.4 is 0 Å². The number of ketones is 1. The molecule has 18 heavy (non-hydrogen) atoms. The lowest BCUT2D eigenvalue weighted by Gasteiger charge is -2.07. The standard InChI is InChI=1S/C16H18OSi/c1-18(2,3)11-10-16(17)15-9-8-13-6-4-5-7-14(13)12-15/h4-12H,1-3H3/b11-10+. The molecule has 0 aliphatic carbocycles. The first-order valence-corrected chi connectivity index (χ1v) is 9.76. The smallest absolute Gasteiger partial charge is 0.185 e. The lowest BCUT2D eigenvalue weighted by molar-refractivity contribution is 0.104. The second-order valence-corrected chi connectivity index (χ2v) is 10.7. The van der Waals surface area contributed by atoms with E-state index in [1.165, 1.54) is 5.39 Å². The van der Waals surface area contributed by atoms with Gasteiger partial charge in [-0.15, -0.1) is 0 Å². The highest BCUT2D eigenvalue weighted by Crippen LogP contribution is 2.16. The molecule has 0 spiro atoms. The molecule has 2 rings (SSSR count). The third-order valence-electron chi connectivity index (χ3n) is 2.77. The molecule has 0 saturated carbocycles. The Labute approximate surface area is 109 Å². The SMILES string of the molecule is C[Si](C)(C)/C=C/C(=O)c1ccc2ccccc2c1. The molecule has 2 aromatic carbocycles. The quantitative estimate of drug-likeness (QED) is 0.449. The Balaban J connectivity index is 2.31. The van der Waals surface area contributed by atoms with Crippen LogP contribution in [-0.2, 0) is 0 Å². The summed E-state index contributed by atoms with van der Waals surface area (Å²) in [6, 6.07) is 14.0. The Hall–Kier alpha value is -1.67. The summed E-state index contributed by atoms with van der Waals surface area (Å²) in [6.07, 6.45) is 1.73. The Morgan fingerprint density at radius 1 is 1.00 bits per heavy atom. The molecule has 0 N–H and O–H groups in total. The molecule has 2 heteroatoms. The van der Waals surface area contributed by atoms with Crippen molar-refractivity contribution < 1.29 is 4.79 Å². The van der Waals surface area contributed by atoms with Crippen molar-refractivity contribution in [3.05, 3.63) is 59.8 Å². The van der Waals surface area contributed by atoms with Crippen LogP contribution in [0.25, 0.3) is 10.8 Å². The predicted octanol–water partition coefficient (Wildman–Crippen LogP) is 4.46. The van der Waals surface area contributed by atoms with Gasteiger partial charge in [-0.2, -0.15) is 0 Å². The number of allylic oxidation sites excluding steroid dienone is 1. The van der Waals surface area contributed by atoms with Crippen molar-refractivity contribution in [2.24, 2.45) is 0 Å². The zero-order chi connectivity index (χ0) is 13.2. The van der Waals surface area contributed by atoms with E-state index in [1.54, 1.807) is 6.08 Å². The van der Waals surface area contributed by atoms with Gasteiger partial charge in [0.15, 0.2) is 5.78 Å². The average molecular weight is 254 g/mol. The van der Waals surface area contributed by atoms with Gasteiger partial charge in [-0.1, -0.05) is 61.7 Å². The maximum Gasteiger partial charge on any atom is 0.185 e. The monoisotopic (exact) mass is 254 g/mol. The van der Waals surface area contributed by atoms with Crippen molar-refractivity contribution in [3.63, 3.8) is 0 Å². The molecule has 0 radical (unpaired) electrons. The molecule has 0 saturated heterocycles. The zero-order valence-corrected chi connectivity index (χ0v) is 12.1. The summed E-state index contributed by atoms with van der Waals surface area (Å²) in [5.41, 5.74) is 2.85. The fourth-order valence-corrected chi connectivity index (χ4v) is 2.42. The van der Waals surface area contributed by atoms with Gasteiger partial charge in [0, 0.05) is 5.56 Å². The summed E-state index contributed by atoms with van der Waals surface area (Å²) >= 11 is 0. The van der Waals surface area contributed by atoms with Crippen molar-refractivity contribution >= 4 is 24.6 Å². The second kappa shape index (κ2) is 4.90. The first kappa shape index (κ1) is 12.8. The van der Waals surface area contributed by atoms with Gasteiger partial charge in [0.05, 0.1) is 8.07 Å². The molecule has 0 aromatic heterocycles. The zero-order valence-electron chi connectivity index (χ0n) is 11.1. The average Bonchev–Trinajstić information content (AvgIpc) is 2.34. The number of rotatable bonds is 3. The van der Waals surface area contributed by atoms with Crippen LogP contribution in [-0.4, -0.2) is 13.9 Å². The Morgan fingerprint density at radius 2 is 1.67 bits per heavy atom. The van der Waals surface area contributed by atoms with Crippen LogP contribution in [0.3, 0.4) is 0 Å². The molecular formula is C16H18OSi. The van der Waals surface area contributed by atoms with E-state index in [0.717, 1.165) is 10.9 Å². The number of carbonyl (C=O) groups excluding carboxylic acids is 1. The van der Waals surface area contributed by atoms with Crippen LogP contribution in [0.2, 0.25) is 19.6 Å². The molecule has 0 heterocycles.